The number of carbonyl (C=O) groups excluding carboxylic acids is 2. The van der Waals surface area contributed by atoms with Gasteiger partial charge in [-0.2, -0.15) is 0 Å². The summed E-state index contributed by atoms with van der Waals surface area (Å²) in [6, 6.07) is 15.5. The predicted molar refractivity (Wildman–Crippen MR) is 164 cm³/mol. The number of hydrogen-bond donors (Lipinski definition) is 0. The van der Waals surface area contributed by atoms with E-state index in [9.17, 15) is 19.8 Å². The first-order chi connectivity index (χ1) is 17.8. The first kappa shape index (κ1) is 41.7. The zero-order chi connectivity index (χ0) is 29.7. The summed E-state index contributed by atoms with van der Waals surface area (Å²) in [4.78, 5) is 21.3. The summed E-state index contributed by atoms with van der Waals surface area (Å²) in [5.41, 5.74) is 4.11. The van der Waals surface area contributed by atoms with Crippen LogP contribution < -0.4 is 10.2 Å². The smallest absolute Gasteiger partial charge is 0.550 e. The Bertz CT molecular complexity index is 780. The van der Waals surface area contributed by atoms with E-state index >= 15 is 0 Å². The third kappa shape index (κ3) is 21.7. The number of carbonyl (C=O) groups is 2. The monoisotopic (exact) mass is 646 g/mol. The van der Waals surface area contributed by atoms with Crippen molar-refractivity contribution in [3.05, 3.63) is 70.8 Å². The van der Waals surface area contributed by atoms with Crippen LogP contribution in [0.3, 0.4) is 0 Å². The molecule has 0 fully saturated rings. The van der Waals surface area contributed by atoms with E-state index < -0.39 is 23.8 Å². The quantitative estimate of drug-likeness (QED) is 0.269. The summed E-state index contributed by atoms with van der Waals surface area (Å²) in [7, 11) is 0. The molecule has 0 aliphatic rings. The summed E-state index contributed by atoms with van der Waals surface area (Å²) in [6.07, 6.45) is 7.33. The molecule has 2 atom stereocenters. The van der Waals surface area contributed by atoms with Crippen molar-refractivity contribution in [2.45, 2.75) is 120 Å². The summed E-state index contributed by atoms with van der Waals surface area (Å²) < 4.78 is 0. The molecule has 2 radical (unpaired) electrons. The fraction of sp³-hybridized carbons (Fsp3) is 0.588. The first-order valence-corrected chi connectivity index (χ1v) is 14.4. The Morgan fingerprint density at radius 2 is 0.769 bits per heavy atom. The van der Waals surface area contributed by atoms with Gasteiger partial charge in [-0.15, -0.1) is 0 Å². The van der Waals surface area contributed by atoms with E-state index in [-0.39, 0.29) is 23.9 Å². The molecule has 2 aromatic rings. The molecule has 0 spiro atoms. The minimum atomic E-state index is -1.02. The van der Waals surface area contributed by atoms with Crippen molar-refractivity contribution >= 4 is 35.8 Å². The number of hydrogen-bond acceptors (Lipinski definition) is 4. The van der Waals surface area contributed by atoms with Crippen LogP contribution in [0, 0.1) is 11.8 Å². The largest absolute Gasteiger partial charge is 2.00 e. The number of unbranched alkanes of at least 4 members (excludes halogenated alkanes) is 2. The minimum Gasteiger partial charge on any atom is -0.550 e. The number of benzene rings is 2. The van der Waals surface area contributed by atoms with E-state index in [0.717, 1.165) is 24.0 Å². The SMILES string of the molecule is CC(C)Cc1ccc(C(C)C(=O)[O-])cc1.CC(C)Cc1ccc(C(C)C(=O)[O-])cc1.CCCC.CCCC.[Sn+2]. The molecule has 0 heterocycles. The standard InChI is InChI=1S/2C13H18O2.2C4H10.Sn/c2*1-9(2)8-11-4-6-12(7-5-11)10(3)13(14)15;2*1-3-4-2;/h2*4-7,9-10H,8H2,1-3H3,(H,14,15);2*3-4H2,1-2H3;/q;;;;+2/p-2. The van der Waals surface area contributed by atoms with Crippen molar-refractivity contribution in [1.29, 1.82) is 0 Å². The predicted octanol–water partition coefficient (Wildman–Crippen LogP) is 6.71. The molecule has 0 saturated carbocycles. The number of carboxylic acids is 2. The number of carboxylic acid groups (broad SMARTS) is 2. The van der Waals surface area contributed by atoms with Gasteiger partial charge in [-0.3, -0.25) is 0 Å². The van der Waals surface area contributed by atoms with Gasteiger partial charge in [0.05, 0.1) is 0 Å². The molecule has 2 rings (SSSR count). The van der Waals surface area contributed by atoms with Crippen LogP contribution >= 0.6 is 0 Å². The molecule has 5 heteroatoms. The molecule has 39 heavy (non-hydrogen) atoms. The Morgan fingerprint density at radius 1 is 0.538 bits per heavy atom. The molecular formula is C34H54O4Sn. The van der Waals surface area contributed by atoms with Crippen molar-refractivity contribution in [2.75, 3.05) is 0 Å². The zero-order valence-electron chi connectivity index (χ0n) is 26.3. The normalized spacial score (nSPS) is 11.4. The van der Waals surface area contributed by atoms with Gasteiger partial charge in [-0.1, -0.05) is 143 Å². The second-order valence-corrected chi connectivity index (χ2v) is 10.8. The summed E-state index contributed by atoms with van der Waals surface area (Å²) in [5.74, 6) is -1.86. The molecule has 2 aromatic carbocycles. The van der Waals surface area contributed by atoms with E-state index in [2.05, 4.69) is 55.4 Å². The van der Waals surface area contributed by atoms with Gasteiger partial charge in [0.15, 0.2) is 0 Å². The fourth-order valence-corrected chi connectivity index (χ4v) is 3.10. The number of aliphatic carboxylic acids is 2. The molecule has 0 saturated heterocycles. The van der Waals surface area contributed by atoms with Gasteiger partial charge in [0, 0.05) is 23.8 Å². The maximum Gasteiger partial charge on any atom is 2.00 e. The van der Waals surface area contributed by atoms with Gasteiger partial charge in [-0.05, 0) is 46.9 Å². The van der Waals surface area contributed by atoms with Crippen molar-refractivity contribution in [3.8, 4) is 0 Å². The Labute approximate surface area is 257 Å². The van der Waals surface area contributed by atoms with Crippen LogP contribution in [0.5, 0.6) is 0 Å². The topological polar surface area (TPSA) is 80.3 Å². The molecule has 0 N–H and O–H groups in total. The summed E-state index contributed by atoms with van der Waals surface area (Å²) in [5, 5.41) is 21.3. The van der Waals surface area contributed by atoms with E-state index in [1.807, 2.05) is 48.5 Å². The minimum absolute atomic E-state index is 0. The second kappa shape index (κ2) is 25.2. The fourth-order valence-electron chi connectivity index (χ4n) is 3.10. The second-order valence-electron chi connectivity index (χ2n) is 10.8. The van der Waals surface area contributed by atoms with Gasteiger partial charge >= 0.3 is 23.9 Å². The Balaban J connectivity index is -0.000000512. The van der Waals surface area contributed by atoms with E-state index in [1.165, 1.54) is 36.8 Å². The van der Waals surface area contributed by atoms with Crippen molar-refractivity contribution in [3.63, 3.8) is 0 Å². The molecule has 0 bridgehead atoms. The van der Waals surface area contributed by atoms with Crippen molar-refractivity contribution < 1.29 is 19.8 Å². The third-order valence-electron chi connectivity index (χ3n) is 5.95. The van der Waals surface area contributed by atoms with E-state index in [4.69, 9.17) is 0 Å². The summed E-state index contributed by atoms with van der Waals surface area (Å²) in [6.45, 7) is 20.7. The van der Waals surface area contributed by atoms with Crippen LogP contribution in [0.2, 0.25) is 0 Å². The Hall–Kier alpha value is -1.82. The zero-order valence-corrected chi connectivity index (χ0v) is 29.2. The van der Waals surface area contributed by atoms with Gasteiger partial charge in [0.1, 0.15) is 0 Å². The van der Waals surface area contributed by atoms with Gasteiger partial charge in [0.25, 0.3) is 0 Å². The van der Waals surface area contributed by atoms with Gasteiger partial charge < -0.3 is 19.8 Å². The molecule has 0 amide bonds. The van der Waals surface area contributed by atoms with Crippen LogP contribution in [0.4, 0.5) is 0 Å². The molecule has 0 aromatic heterocycles. The van der Waals surface area contributed by atoms with Crippen LogP contribution in [0.25, 0.3) is 0 Å². The molecule has 4 nitrogen and oxygen atoms in total. The average Bonchev–Trinajstić information content (AvgIpc) is 2.88. The van der Waals surface area contributed by atoms with Crippen LogP contribution in [-0.4, -0.2) is 35.8 Å². The van der Waals surface area contributed by atoms with Crippen LogP contribution in [0.15, 0.2) is 48.5 Å². The maximum absolute atomic E-state index is 10.7. The average molecular weight is 646 g/mol. The number of rotatable bonds is 10. The van der Waals surface area contributed by atoms with E-state index in [1.54, 1.807) is 13.8 Å². The van der Waals surface area contributed by atoms with Crippen molar-refractivity contribution in [2.24, 2.45) is 11.8 Å². The Kier molecular flexibility index (Phi) is 26.9. The van der Waals surface area contributed by atoms with E-state index in [0.29, 0.717) is 11.8 Å². The van der Waals surface area contributed by atoms with Crippen LogP contribution in [0.1, 0.15) is 129 Å². The summed E-state index contributed by atoms with van der Waals surface area (Å²) >= 11 is 0. The molecular weight excluding hydrogens is 591 g/mol. The third-order valence-corrected chi connectivity index (χ3v) is 5.95. The van der Waals surface area contributed by atoms with Gasteiger partial charge in [0.2, 0.25) is 0 Å². The maximum atomic E-state index is 10.7. The van der Waals surface area contributed by atoms with Crippen molar-refractivity contribution in [1.82, 2.24) is 0 Å². The Morgan fingerprint density at radius 3 is 0.923 bits per heavy atom. The van der Waals surface area contributed by atoms with Gasteiger partial charge in [-0.25, -0.2) is 0 Å². The molecule has 0 aliphatic carbocycles. The van der Waals surface area contributed by atoms with Crippen LogP contribution in [-0.2, 0) is 22.4 Å². The first-order valence-electron chi connectivity index (χ1n) is 14.4. The molecule has 218 valence electrons. The molecule has 0 aliphatic heterocycles. The molecule has 2 unspecified atom stereocenters.